The Morgan fingerprint density at radius 3 is 2.74 bits per heavy atom. The Labute approximate surface area is 163 Å². The Morgan fingerprint density at radius 2 is 1.93 bits per heavy atom. The molecule has 27 heavy (non-hydrogen) atoms. The summed E-state index contributed by atoms with van der Waals surface area (Å²) in [6, 6.07) is 17.4. The van der Waals surface area contributed by atoms with Gasteiger partial charge in [-0.2, -0.15) is 0 Å². The largest absolute Gasteiger partial charge is 0.337 e. The van der Waals surface area contributed by atoms with Crippen LogP contribution in [0.5, 0.6) is 0 Å². The third-order valence-corrected chi connectivity index (χ3v) is 6.61. The number of likely N-dealkylation sites (tertiary alicyclic amines) is 1. The van der Waals surface area contributed by atoms with Crippen molar-refractivity contribution in [3.63, 3.8) is 0 Å². The van der Waals surface area contributed by atoms with Crippen molar-refractivity contribution in [2.75, 3.05) is 13.1 Å². The molecule has 3 aromatic rings. The topological polar surface area (TPSA) is 28.5 Å². The molecule has 0 bridgehead atoms. The third kappa shape index (κ3) is 3.01. The van der Waals surface area contributed by atoms with Crippen molar-refractivity contribution in [3.8, 4) is 0 Å². The summed E-state index contributed by atoms with van der Waals surface area (Å²) < 4.78 is 2.20. The Hall–Kier alpha value is -2.37. The number of aromatic nitrogens is 1. The molecular formula is C22H23N3OS. The number of rotatable bonds is 4. The average Bonchev–Trinajstić information content (AvgIpc) is 3.38. The maximum atomic E-state index is 13.1. The molecule has 4 heterocycles. The Morgan fingerprint density at radius 1 is 1.04 bits per heavy atom. The van der Waals surface area contributed by atoms with Crippen LogP contribution in [0.2, 0.25) is 0 Å². The molecule has 4 nitrogen and oxygen atoms in total. The van der Waals surface area contributed by atoms with E-state index < -0.39 is 0 Å². The molecule has 0 spiro atoms. The highest BCUT2D eigenvalue weighted by Gasteiger charge is 2.44. The predicted octanol–water partition coefficient (Wildman–Crippen LogP) is 3.94. The number of thiophene rings is 1. The van der Waals surface area contributed by atoms with Crippen LogP contribution < -0.4 is 0 Å². The van der Waals surface area contributed by atoms with Crippen LogP contribution in [0.1, 0.15) is 32.5 Å². The Bertz CT molecular complexity index is 962. The van der Waals surface area contributed by atoms with Gasteiger partial charge in [0.25, 0.3) is 5.91 Å². The minimum Gasteiger partial charge on any atom is -0.337 e. The van der Waals surface area contributed by atoms with E-state index >= 15 is 0 Å². The monoisotopic (exact) mass is 377 g/mol. The molecule has 0 N–H and O–H groups in total. The number of nitrogens with zero attached hydrogens (tertiary/aromatic N) is 3. The molecule has 5 heteroatoms. The summed E-state index contributed by atoms with van der Waals surface area (Å²) in [6.45, 7) is 5.69. The first-order valence-corrected chi connectivity index (χ1v) is 10.3. The van der Waals surface area contributed by atoms with E-state index in [2.05, 4.69) is 69.3 Å². The molecule has 1 fully saturated rings. The van der Waals surface area contributed by atoms with Crippen LogP contribution in [-0.2, 0) is 13.1 Å². The first-order chi connectivity index (χ1) is 13.2. The smallest absolute Gasteiger partial charge is 0.271 e. The molecule has 2 aliphatic rings. The van der Waals surface area contributed by atoms with Gasteiger partial charge in [0.2, 0.25) is 0 Å². The number of hydrogen-bond acceptors (Lipinski definition) is 3. The summed E-state index contributed by atoms with van der Waals surface area (Å²) in [4.78, 5) is 19.0. The molecule has 0 aliphatic carbocycles. The predicted molar refractivity (Wildman–Crippen MR) is 108 cm³/mol. The molecule has 5 rings (SSSR count). The fraction of sp³-hybridized carbons (Fsp3) is 0.318. The first-order valence-electron chi connectivity index (χ1n) is 9.47. The minimum absolute atomic E-state index is 0.159. The Balaban J connectivity index is 1.43. The van der Waals surface area contributed by atoms with Crippen molar-refractivity contribution < 1.29 is 4.79 Å². The van der Waals surface area contributed by atoms with Crippen molar-refractivity contribution in [2.24, 2.45) is 0 Å². The van der Waals surface area contributed by atoms with Crippen molar-refractivity contribution in [1.82, 2.24) is 14.4 Å². The van der Waals surface area contributed by atoms with Crippen LogP contribution >= 0.6 is 11.3 Å². The second-order valence-corrected chi connectivity index (χ2v) is 8.66. The molecule has 1 saturated heterocycles. The lowest BCUT2D eigenvalue weighted by Gasteiger charge is -2.38. The highest BCUT2D eigenvalue weighted by Crippen LogP contribution is 2.35. The van der Waals surface area contributed by atoms with Gasteiger partial charge >= 0.3 is 0 Å². The van der Waals surface area contributed by atoms with Crippen molar-refractivity contribution in [1.29, 1.82) is 0 Å². The van der Waals surface area contributed by atoms with Gasteiger partial charge in [-0.15, -0.1) is 11.3 Å². The lowest BCUT2D eigenvalue weighted by Crippen LogP contribution is -2.49. The minimum atomic E-state index is 0.159. The van der Waals surface area contributed by atoms with Crippen molar-refractivity contribution in [3.05, 3.63) is 81.8 Å². The van der Waals surface area contributed by atoms with Gasteiger partial charge in [-0.25, -0.2) is 0 Å². The first kappa shape index (κ1) is 16.8. The van der Waals surface area contributed by atoms with Gasteiger partial charge in [0.15, 0.2) is 0 Å². The summed E-state index contributed by atoms with van der Waals surface area (Å²) in [6.07, 6.45) is 2.07. The summed E-state index contributed by atoms with van der Waals surface area (Å²) in [5.41, 5.74) is 3.47. The summed E-state index contributed by atoms with van der Waals surface area (Å²) in [5, 5.41) is 2.09. The number of carbonyl (C=O) groups excluding carboxylic acids is 1. The van der Waals surface area contributed by atoms with Crippen LogP contribution in [0.3, 0.4) is 0 Å². The molecule has 2 atom stereocenters. The molecular weight excluding hydrogens is 354 g/mol. The van der Waals surface area contributed by atoms with E-state index in [1.54, 1.807) is 11.3 Å². The van der Waals surface area contributed by atoms with E-state index in [9.17, 15) is 4.79 Å². The third-order valence-electron chi connectivity index (χ3n) is 5.75. The number of carbonyl (C=O) groups is 1. The van der Waals surface area contributed by atoms with Crippen LogP contribution in [-0.4, -0.2) is 39.4 Å². The van der Waals surface area contributed by atoms with Crippen LogP contribution in [0.4, 0.5) is 0 Å². The molecule has 0 saturated carbocycles. The van der Waals surface area contributed by atoms with Gasteiger partial charge in [0.1, 0.15) is 5.69 Å². The lowest BCUT2D eigenvalue weighted by atomic mass is 10.1. The zero-order chi connectivity index (χ0) is 18.4. The van der Waals surface area contributed by atoms with Crippen LogP contribution in [0.15, 0.2) is 60.1 Å². The highest BCUT2D eigenvalue weighted by atomic mass is 32.1. The molecule has 1 amide bonds. The van der Waals surface area contributed by atoms with Gasteiger partial charge in [-0.1, -0.05) is 35.9 Å². The van der Waals surface area contributed by atoms with Crippen molar-refractivity contribution >= 4 is 17.2 Å². The summed E-state index contributed by atoms with van der Waals surface area (Å²) in [5.74, 6) is 0.159. The zero-order valence-corrected chi connectivity index (χ0v) is 16.2. The number of benzene rings is 1. The van der Waals surface area contributed by atoms with Crippen LogP contribution in [0.25, 0.3) is 0 Å². The van der Waals surface area contributed by atoms with Gasteiger partial charge in [-0.05, 0) is 36.1 Å². The maximum absolute atomic E-state index is 13.1. The van der Waals surface area contributed by atoms with E-state index in [0.717, 1.165) is 25.3 Å². The molecule has 0 unspecified atom stereocenters. The molecule has 2 aromatic heterocycles. The average molecular weight is 378 g/mol. The molecule has 1 aromatic carbocycles. The highest BCUT2D eigenvalue weighted by molar-refractivity contribution is 7.09. The molecule has 0 radical (unpaired) electrons. The van der Waals surface area contributed by atoms with Gasteiger partial charge in [0.05, 0.1) is 18.6 Å². The zero-order valence-electron chi connectivity index (χ0n) is 15.4. The second kappa shape index (κ2) is 6.66. The normalized spacial score (nSPS) is 22.1. The SMILES string of the molecule is Cc1cccc(CN2C[C@@H]3[C@@H](C2)n2cccc2C(=O)N3Cc2cccs2)c1. The number of aryl methyl sites for hydroxylation is 1. The molecule has 138 valence electrons. The van der Waals surface area contributed by atoms with Gasteiger partial charge in [0, 0.05) is 30.7 Å². The standard InChI is InChI=1S/C22H23N3OS/c1-16-5-2-6-17(11-16)12-23-14-20-21(15-23)25(13-18-7-4-10-27-18)22(26)19-8-3-9-24(19)20/h2-11,20-21H,12-15H2,1H3/t20-,21-/m1/s1. The number of fused-ring (bicyclic) bond motifs is 3. The lowest BCUT2D eigenvalue weighted by molar-refractivity contribution is 0.0559. The number of hydrogen-bond donors (Lipinski definition) is 0. The Kier molecular flexibility index (Phi) is 4.14. The van der Waals surface area contributed by atoms with E-state index in [0.29, 0.717) is 12.6 Å². The summed E-state index contributed by atoms with van der Waals surface area (Å²) in [7, 11) is 0. The molecule has 2 aliphatic heterocycles. The maximum Gasteiger partial charge on any atom is 0.271 e. The van der Waals surface area contributed by atoms with Gasteiger partial charge in [-0.3, -0.25) is 9.69 Å². The fourth-order valence-electron chi connectivity index (χ4n) is 4.55. The fourth-order valence-corrected chi connectivity index (χ4v) is 5.25. The van der Waals surface area contributed by atoms with Crippen molar-refractivity contribution in [2.45, 2.75) is 32.1 Å². The van der Waals surface area contributed by atoms with E-state index in [1.165, 1.54) is 16.0 Å². The van der Waals surface area contributed by atoms with E-state index in [1.807, 2.05) is 12.1 Å². The van der Waals surface area contributed by atoms with Crippen LogP contribution in [0, 0.1) is 6.92 Å². The number of amides is 1. The second-order valence-electron chi connectivity index (χ2n) is 7.63. The van der Waals surface area contributed by atoms with E-state index in [4.69, 9.17) is 0 Å². The van der Waals surface area contributed by atoms with E-state index in [-0.39, 0.29) is 11.9 Å². The van der Waals surface area contributed by atoms with Gasteiger partial charge < -0.3 is 9.47 Å². The summed E-state index contributed by atoms with van der Waals surface area (Å²) >= 11 is 1.73. The quantitative estimate of drug-likeness (QED) is 0.689.